The molecule has 1 N–H and O–H groups in total. The van der Waals surface area contributed by atoms with Crippen molar-refractivity contribution in [2.24, 2.45) is 0 Å². The van der Waals surface area contributed by atoms with E-state index < -0.39 is 0 Å². The van der Waals surface area contributed by atoms with Crippen molar-refractivity contribution in [2.45, 2.75) is 19.2 Å². The van der Waals surface area contributed by atoms with Crippen LogP contribution < -0.4 is 5.32 Å². The van der Waals surface area contributed by atoms with Crippen LogP contribution in [0.1, 0.15) is 18.3 Å². The van der Waals surface area contributed by atoms with Gasteiger partial charge in [0.2, 0.25) is 0 Å². The van der Waals surface area contributed by atoms with E-state index in [-0.39, 0.29) is 0 Å². The van der Waals surface area contributed by atoms with Crippen molar-refractivity contribution < 1.29 is 0 Å². The van der Waals surface area contributed by atoms with Crippen LogP contribution in [-0.2, 0) is 12.3 Å². The molecular formula is C9H15N3S. The summed E-state index contributed by atoms with van der Waals surface area (Å²) < 4.78 is 0. The molecule has 1 aromatic rings. The van der Waals surface area contributed by atoms with Gasteiger partial charge in [-0.2, -0.15) is 11.8 Å². The molecule has 0 saturated heterocycles. The molecular weight excluding hydrogens is 182 g/mol. The molecule has 3 nitrogen and oxygen atoms in total. The minimum atomic E-state index is 0.835. The third-order valence-corrected chi connectivity index (χ3v) is 2.45. The molecule has 0 fully saturated rings. The van der Waals surface area contributed by atoms with Gasteiger partial charge < -0.3 is 5.32 Å². The number of nitrogens with one attached hydrogen (secondary N) is 1. The van der Waals surface area contributed by atoms with Crippen molar-refractivity contribution in [2.75, 3.05) is 12.8 Å². The van der Waals surface area contributed by atoms with Crippen molar-refractivity contribution in [3.05, 3.63) is 23.8 Å². The topological polar surface area (TPSA) is 37.8 Å². The summed E-state index contributed by atoms with van der Waals surface area (Å²) in [5.74, 6) is 2.95. The number of thioether (sulfide) groups is 1. The Labute approximate surface area is 83.4 Å². The second-order valence-electron chi connectivity index (χ2n) is 2.68. The minimum absolute atomic E-state index is 0.835. The Morgan fingerprint density at radius 1 is 1.38 bits per heavy atom. The van der Waals surface area contributed by atoms with Gasteiger partial charge in [0.1, 0.15) is 5.82 Å². The van der Waals surface area contributed by atoms with Crippen molar-refractivity contribution in [3.63, 3.8) is 0 Å². The van der Waals surface area contributed by atoms with Crippen LogP contribution >= 0.6 is 11.8 Å². The van der Waals surface area contributed by atoms with Crippen molar-refractivity contribution in [1.29, 1.82) is 0 Å². The van der Waals surface area contributed by atoms with Crippen LogP contribution in [0.4, 0.5) is 0 Å². The molecule has 1 rings (SSSR count). The van der Waals surface area contributed by atoms with Gasteiger partial charge >= 0.3 is 0 Å². The molecule has 0 atom stereocenters. The molecule has 72 valence electrons. The van der Waals surface area contributed by atoms with Gasteiger partial charge in [0.25, 0.3) is 0 Å². The lowest BCUT2D eigenvalue weighted by molar-refractivity contribution is 0.801. The van der Waals surface area contributed by atoms with Gasteiger partial charge in [-0.15, -0.1) is 0 Å². The first kappa shape index (κ1) is 10.5. The quantitative estimate of drug-likeness (QED) is 0.775. The van der Waals surface area contributed by atoms with Crippen LogP contribution in [0.2, 0.25) is 0 Å². The molecule has 0 bridgehead atoms. The van der Waals surface area contributed by atoms with Crippen LogP contribution in [0.15, 0.2) is 12.4 Å². The van der Waals surface area contributed by atoms with Gasteiger partial charge in [0.15, 0.2) is 0 Å². The van der Waals surface area contributed by atoms with Crippen LogP contribution in [-0.4, -0.2) is 22.8 Å². The Balaban J connectivity index is 2.48. The average molecular weight is 197 g/mol. The molecule has 1 heterocycles. The van der Waals surface area contributed by atoms with Gasteiger partial charge in [-0.05, 0) is 12.8 Å². The molecule has 0 aliphatic carbocycles. The Kier molecular flexibility index (Phi) is 4.78. The minimum Gasteiger partial charge on any atom is -0.316 e. The summed E-state index contributed by atoms with van der Waals surface area (Å²) in [6.07, 6.45) is 3.77. The van der Waals surface area contributed by atoms with Crippen LogP contribution in [0, 0.1) is 0 Å². The van der Waals surface area contributed by atoms with E-state index in [0.29, 0.717) is 0 Å². The van der Waals surface area contributed by atoms with Gasteiger partial charge in [-0.3, -0.25) is 0 Å². The second kappa shape index (κ2) is 5.94. The Hall–Kier alpha value is -0.610. The Morgan fingerprint density at radius 3 is 2.62 bits per heavy atom. The van der Waals surface area contributed by atoms with E-state index in [1.807, 2.05) is 31.2 Å². The van der Waals surface area contributed by atoms with E-state index in [1.54, 1.807) is 0 Å². The van der Waals surface area contributed by atoms with E-state index in [2.05, 4.69) is 22.2 Å². The highest BCUT2D eigenvalue weighted by Crippen LogP contribution is 2.06. The number of aromatic nitrogens is 2. The van der Waals surface area contributed by atoms with Crippen LogP contribution in [0.5, 0.6) is 0 Å². The predicted molar refractivity (Wildman–Crippen MR) is 56.6 cm³/mol. The predicted octanol–water partition coefficient (Wildman–Crippen LogP) is 1.45. The van der Waals surface area contributed by atoms with E-state index in [4.69, 9.17) is 0 Å². The number of nitrogens with zero attached hydrogens (tertiary/aromatic N) is 2. The molecule has 0 amide bonds. The van der Waals surface area contributed by atoms with Gasteiger partial charge in [-0.1, -0.05) is 6.92 Å². The molecule has 0 saturated carbocycles. The summed E-state index contributed by atoms with van der Waals surface area (Å²) in [7, 11) is 1.92. The smallest absolute Gasteiger partial charge is 0.138 e. The van der Waals surface area contributed by atoms with Crippen LogP contribution in [0.25, 0.3) is 0 Å². The molecule has 0 aliphatic heterocycles. The summed E-state index contributed by atoms with van der Waals surface area (Å²) in [5.41, 5.74) is 1.13. The first-order valence-corrected chi connectivity index (χ1v) is 5.54. The van der Waals surface area contributed by atoms with E-state index in [9.17, 15) is 0 Å². The second-order valence-corrected chi connectivity index (χ2v) is 3.95. The molecule has 0 aromatic carbocycles. The van der Waals surface area contributed by atoms with Crippen molar-refractivity contribution in [1.82, 2.24) is 15.3 Å². The molecule has 0 aliphatic rings. The molecule has 0 radical (unpaired) electrons. The number of hydrogen-bond acceptors (Lipinski definition) is 4. The lowest BCUT2D eigenvalue weighted by Crippen LogP contribution is -2.06. The number of rotatable bonds is 5. The van der Waals surface area contributed by atoms with E-state index in [1.165, 1.54) is 0 Å². The third-order valence-electron chi connectivity index (χ3n) is 1.57. The Bertz CT molecular complexity index is 235. The first-order valence-electron chi connectivity index (χ1n) is 4.39. The average Bonchev–Trinajstić information content (AvgIpc) is 2.17. The maximum absolute atomic E-state index is 4.26. The summed E-state index contributed by atoms with van der Waals surface area (Å²) in [6, 6.07) is 0. The van der Waals surface area contributed by atoms with Gasteiger partial charge in [0.05, 0.1) is 5.75 Å². The lowest BCUT2D eigenvalue weighted by atomic mass is 10.3. The highest BCUT2D eigenvalue weighted by atomic mass is 32.2. The zero-order valence-electron chi connectivity index (χ0n) is 8.08. The fourth-order valence-electron chi connectivity index (χ4n) is 0.945. The van der Waals surface area contributed by atoms with Gasteiger partial charge in [0, 0.05) is 24.5 Å². The highest BCUT2D eigenvalue weighted by Gasteiger charge is 1.96. The lowest BCUT2D eigenvalue weighted by Gasteiger charge is -2.00. The van der Waals surface area contributed by atoms with E-state index >= 15 is 0 Å². The zero-order chi connectivity index (χ0) is 9.52. The first-order chi connectivity index (χ1) is 6.36. The summed E-state index contributed by atoms with van der Waals surface area (Å²) in [5, 5.41) is 3.06. The molecule has 0 unspecified atom stereocenters. The molecule has 0 spiro atoms. The SMILES string of the molecule is CCSCc1ncc(CNC)cn1. The van der Waals surface area contributed by atoms with Crippen molar-refractivity contribution >= 4 is 11.8 Å². The summed E-state index contributed by atoms with van der Waals surface area (Å²) in [6.45, 7) is 2.97. The highest BCUT2D eigenvalue weighted by molar-refractivity contribution is 7.98. The fraction of sp³-hybridized carbons (Fsp3) is 0.556. The number of hydrogen-bond donors (Lipinski definition) is 1. The normalized spacial score (nSPS) is 10.3. The maximum Gasteiger partial charge on any atom is 0.138 e. The Morgan fingerprint density at radius 2 is 2.08 bits per heavy atom. The molecule has 4 heteroatoms. The van der Waals surface area contributed by atoms with Crippen LogP contribution in [0.3, 0.4) is 0 Å². The maximum atomic E-state index is 4.26. The third kappa shape index (κ3) is 3.74. The largest absolute Gasteiger partial charge is 0.316 e. The van der Waals surface area contributed by atoms with Crippen molar-refractivity contribution in [3.8, 4) is 0 Å². The van der Waals surface area contributed by atoms with E-state index in [0.717, 1.165) is 29.4 Å². The van der Waals surface area contributed by atoms with Gasteiger partial charge in [-0.25, -0.2) is 9.97 Å². The fourth-order valence-corrected chi connectivity index (χ4v) is 1.48. The molecule has 1 aromatic heterocycles. The summed E-state index contributed by atoms with van der Waals surface area (Å²) in [4.78, 5) is 8.53. The molecule has 13 heavy (non-hydrogen) atoms. The summed E-state index contributed by atoms with van der Waals surface area (Å²) >= 11 is 1.84. The standard InChI is InChI=1S/C9H15N3S/c1-3-13-7-9-11-5-8(4-10-2)6-12-9/h5-6,10H,3-4,7H2,1-2H3. The zero-order valence-corrected chi connectivity index (χ0v) is 8.90. The monoisotopic (exact) mass is 197 g/mol.